The fourth-order valence-corrected chi connectivity index (χ4v) is 1.72. The maximum absolute atomic E-state index is 12.2. The fourth-order valence-electron chi connectivity index (χ4n) is 1.72. The molecule has 0 aromatic carbocycles. The van der Waals surface area contributed by atoms with Crippen LogP contribution in [-0.2, 0) is 0 Å². The first kappa shape index (κ1) is 14.2. The Morgan fingerprint density at radius 2 is 1.95 bits per heavy atom. The first-order valence-electron chi connectivity index (χ1n) is 6.53. The van der Waals surface area contributed by atoms with Crippen molar-refractivity contribution in [3.8, 4) is 0 Å². The van der Waals surface area contributed by atoms with Crippen molar-refractivity contribution in [2.24, 2.45) is 0 Å². The van der Waals surface area contributed by atoms with E-state index in [-0.39, 0.29) is 17.9 Å². The SMILES string of the molecule is Cc1cnccc1C(=O)N[C@@H](C)c1nnc(C(C)C)o1. The van der Waals surface area contributed by atoms with Gasteiger partial charge in [-0.15, -0.1) is 10.2 Å². The van der Waals surface area contributed by atoms with Gasteiger partial charge in [0.05, 0.1) is 0 Å². The molecule has 0 aliphatic heterocycles. The van der Waals surface area contributed by atoms with Gasteiger partial charge in [-0.05, 0) is 25.5 Å². The molecule has 1 N–H and O–H groups in total. The molecular weight excluding hydrogens is 256 g/mol. The van der Waals surface area contributed by atoms with Gasteiger partial charge in [-0.2, -0.15) is 0 Å². The number of pyridine rings is 1. The number of hydrogen-bond donors (Lipinski definition) is 1. The highest BCUT2D eigenvalue weighted by Crippen LogP contribution is 2.17. The van der Waals surface area contributed by atoms with Crippen molar-refractivity contribution in [1.82, 2.24) is 20.5 Å². The Bertz CT molecular complexity index is 607. The molecule has 2 aromatic heterocycles. The summed E-state index contributed by atoms with van der Waals surface area (Å²) in [6.45, 7) is 7.60. The summed E-state index contributed by atoms with van der Waals surface area (Å²) >= 11 is 0. The molecule has 6 heteroatoms. The van der Waals surface area contributed by atoms with Crippen molar-refractivity contribution in [3.05, 3.63) is 41.4 Å². The molecule has 2 heterocycles. The van der Waals surface area contributed by atoms with Crippen molar-refractivity contribution in [1.29, 1.82) is 0 Å². The molecule has 0 unspecified atom stereocenters. The van der Waals surface area contributed by atoms with E-state index in [2.05, 4.69) is 20.5 Å². The molecule has 0 saturated carbocycles. The van der Waals surface area contributed by atoms with Crippen LogP contribution in [0.5, 0.6) is 0 Å². The molecule has 0 radical (unpaired) electrons. The van der Waals surface area contributed by atoms with Crippen LogP contribution in [0.2, 0.25) is 0 Å². The van der Waals surface area contributed by atoms with E-state index in [1.807, 2.05) is 27.7 Å². The van der Waals surface area contributed by atoms with Gasteiger partial charge >= 0.3 is 0 Å². The van der Waals surface area contributed by atoms with Crippen LogP contribution in [-0.4, -0.2) is 21.1 Å². The standard InChI is InChI=1S/C14H18N4O2/c1-8(2)13-17-18-14(20-13)10(4)16-12(19)11-5-6-15-7-9(11)3/h5-8,10H,1-4H3,(H,16,19)/t10-/m0/s1. The van der Waals surface area contributed by atoms with Gasteiger partial charge in [-0.1, -0.05) is 13.8 Å². The Hall–Kier alpha value is -2.24. The van der Waals surface area contributed by atoms with E-state index in [0.717, 1.165) is 5.56 Å². The summed E-state index contributed by atoms with van der Waals surface area (Å²) in [5, 5.41) is 10.8. The summed E-state index contributed by atoms with van der Waals surface area (Å²) in [7, 11) is 0. The summed E-state index contributed by atoms with van der Waals surface area (Å²) in [5.74, 6) is 0.971. The minimum Gasteiger partial charge on any atom is -0.423 e. The molecular formula is C14H18N4O2. The Kier molecular flexibility index (Phi) is 4.12. The highest BCUT2D eigenvalue weighted by atomic mass is 16.4. The lowest BCUT2D eigenvalue weighted by atomic mass is 10.1. The van der Waals surface area contributed by atoms with Crippen molar-refractivity contribution in [2.75, 3.05) is 0 Å². The molecule has 0 fully saturated rings. The fraction of sp³-hybridized carbons (Fsp3) is 0.429. The molecule has 0 saturated heterocycles. The predicted octanol–water partition coefficient (Wildman–Crippen LogP) is 2.39. The van der Waals surface area contributed by atoms with Gasteiger partial charge in [-0.3, -0.25) is 9.78 Å². The molecule has 2 rings (SSSR count). The average molecular weight is 274 g/mol. The molecule has 20 heavy (non-hydrogen) atoms. The Balaban J connectivity index is 2.09. The maximum Gasteiger partial charge on any atom is 0.252 e. The van der Waals surface area contributed by atoms with E-state index >= 15 is 0 Å². The van der Waals surface area contributed by atoms with Gasteiger partial charge in [0.15, 0.2) is 0 Å². The topological polar surface area (TPSA) is 80.9 Å². The van der Waals surface area contributed by atoms with Crippen LogP contribution in [0.1, 0.15) is 60.4 Å². The van der Waals surface area contributed by atoms with Crippen LogP contribution in [0.15, 0.2) is 22.9 Å². The van der Waals surface area contributed by atoms with Crippen LogP contribution >= 0.6 is 0 Å². The largest absolute Gasteiger partial charge is 0.423 e. The first-order valence-corrected chi connectivity index (χ1v) is 6.53. The Morgan fingerprint density at radius 1 is 1.25 bits per heavy atom. The second kappa shape index (κ2) is 5.81. The number of hydrogen-bond acceptors (Lipinski definition) is 5. The third-order valence-electron chi connectivity index (χ3n) is 2.93. The lowest BCUT2D eigenvalue weighted by Crippen LogP contribution is -2.27. The zero-order valence-electron chi connectivity index (χ0n) is 12.0. The van der Waals surface area contributed by atoms with Gasteiger partial charge in [0.25, 0.3) is 5.91 Å². The van der Waals surface area contributed by atoms with Crippen LogP contribution in [0, 0.1) is 6.92 Å². The molecule has 0 bridgehead atoms. The van der Waals surface area contributed by atoms with Gasteiger partial charge in [0, 0.05) is 23.9 Å². The molecule has 106 valence electrons. The second-order valence-electron chi connectivity index (χ2n) is 5.02. The molecule has 6 nitrogen and oxygen atoms in total. The minimum absolute atomic E-state index is 0.168. The number of aryl methyl sites for hydroxylation is 1. The Morgan fingerprint density at radius 3 is 2.55 bits per heavy atom. The van der Waals surface area contributed by atoms with Crippen LogP contribution in [0.25, 0.3) is 0 Å². The summed E-state index contributed by atoms with van der Waals surface area (Å²) in [5.41, 5.74) is 1.42. The molecule has 1 atom stereocenters. The monoisotopic (exact) mass is 274 g/mol. The molecule has 0 aliphatic rings. The third kappa shape index (κ3) is 3.01. The van der Waals surface area contributed by atoms with E-state index in [1.165, 1.54) is 0 Å². The van der Waals surface area contributed by atoms with Crippen molar-refractivity contribution >= 4 is 5.91 Å². The number of rotatable bonds is 4. The minimum atomic E-state index is -0.338. The van der Waals surface area contributed by atoms with Crippen LogP contribution in [0.3, 0.4) is 0 Å². The number of nitrogens with one attached hydrogen (secondary N) is 1. The quantitative estimate of drug-likeness (QED) is 0.925. The average Bonchev–Trinajstić information content (AvgIpc) is 2.88. The zero-order valence-corrected chi connectivity index (χ0v) is 12.0. The van der Waals surface area contributed by atoms with Gasteiger partial charge in [0.2, 0.25) is 11.8 Å². The summed E-state index contributed by atoms with van der Waals surface area (Å²) in [6, 6.07) is 1.35. The molecule has 2 aromatic rings. The summed E-state index contributed by atoms with van der Waals surface area (Å²) in [4.78, 5) is 16.1. The van der Waals surface area contributed by atoms with Gasteiger partial charge in [-0.25, -0.2) is 0 Å². The number of carbonyl (C=O) groups excluding carboxylic acids is 1. The number of nitrogens with zero attached hydrogens (tertiary/aromatic N) is 3. The van der Waals surface area contributed by atoms with E-state index in [9.17, 15) is 4.79 Å². The zero-order chi connectivity index (χ0) is 14.7. The maximum atomic E-state index is 12.2. The molecule has 0 aliphatic carbocycles. The highest BCUT2D eigenvalue weighted by molar-refractivity contribution is 5.95. The number of amides is 1. The van der Waals surface area contributed by atoms with E-state index in [0.29, 0.717) is 17.3 Å². The van der Waals surface area contributed by atoms with E-state index in [1.54, 1.807) is 18.5 Å². The van der Waals surface area contributed by atoms with Crippen LogP contribution < -0.4 is 5.32 Å². The van der Waals surface area contributed by atoms with Crippen LogP contribution in [0.4, 0.5) is 0 Å². The molecule has 1 amide bonds. The van der Waals surface area contributed by atoms with Gasteiger partial charge in [0.1, 0.15) is 6.04 Å². The van der Waals surface area contributed by atoms with E-state index < -0.39 is 0 Å². The summed E-state index contributed by atoms with van der Waals surface area (Å²) < 4.78 is 5.52. The summed E-state index contributed by atoms with van der Waals surface area (Å²) in [6.07, 6.45) is 3.25. The second-order valence-corrected chi connectivity index (χ2v) is 5.02. The van der Waals surface area contributed by atoms with Crippen molar-refractivity contribution in [2.45, 2.75) is 39.7 Å². The smallest absolute Gasteiger partial charge is 0.252 e. The van der Waals surface area contributed by atoms with Gasteiger partial charge < -0.3 is 9.73 Å². The number of carbonyl (C=O) groups is 1. The third-order valence-corrected chi connectivity index (χ3v) is 2.93. The predicted molar refractivity (Wildman–Crippen MR) is 73.2 cm³/mol. The number of aromatic nitrogens is 3. The van der Waals surface area contributed by atoms with Crippen molar-refractivity contribution < 1.29 is 9.21 Å². The Labute approximate surface area is 117 Å². The molecule has 0 spiro atoms. The highest BCUT2D eigenvalue weighted by Gasteiger charge is 2.19. The normalized spacial score (nSPS) is 12.4. The lowest BCUT2D eigenvalue weighted by Gasteiger charge is -2.11. The van der Waals surface area contributed by atoms with E-state index in [4.69, 9.17) is 4.42 Å². The lowest BCUT2D eigenvalue weighted by molar-refractivity contribution is 0.0933. The van der Waals surface area contributed by atoms with Crippen molar-refractivity contribution in [3.63, 3.8) is 0 Å². The first-order chi connectivity index (χ1) is 9.49.